The first kappa shape index (κ1) is 10.9. The molecule has 1 aliphatic rings. The maximum absolute atomic E-state index is 5.71. The van der Waals surface area contributed by atoms with E-state index in [-0.39, 0.29) is 6.04 Å². The van der Waals surface area contributed by atoms with Gasteiger partial charge in [0.2, 0.25) is 0 Å². The summed E-state index contributed by atoms with van der Waals surface area (Å²) in [6.45, 7) is 2.90. The Labute approximate surface area is 97.4 Å². The van der Waals surface area contributed by atoms with Crippen molar-refractivity contribution in [2.45, 2.75) is 19.4 Å². The van der Waals surface area contributed by atoms with Crippen LogP contribution in [-0.2, 0) is 6.42 Å². The van der Waals surface area contributed by atoms with Crippen molar-refractivity contribution in [3.8, 4) is 0 Å². The molecule has 0 radical (unpaired) electrons. The monoisotopic (exact) mass is 242 g/mol. The lowest BCUT2D eigenvalue weighted by molar-refractivity contribution is 0.726. The van der Waals surface area contributed by atoms with Crippen molar-refractivity contribution < 1.29 is 0 Å². The Bertz CT molecular complexity index is 359. The molecule has 0 amide bonds. The Morgan fingerprint density at radius 3 is 3.20 bits per heavy atom. The molecule has 1 unspecified atom stereocenters. The molecule has 15 heavy (non-hydrogen) atoms. The van der Waals surface area contributed by atoms with E-state index >= 15 is 0 Å². The van der Waals surface area contributed by atoms with Gasteiger partial charge in [0.1, 0.15) is 0 Å². The molecule has 0 aliphatic carbocycles. The summed E-state index contributed by atoms with van der Waals surface area (Å²) in [5.74, 6) is 1.07. The number of aliphatic imine (C=N–C) groups is 1. The van der Waals surface area contributed by atoms with Crippen molar-refractivity contribution in [3.63, 3.8) is 0 Å². The van der Waals surface area contributed by atoms with Crippen molar-refractivity contribution in [1.29, 1.82) is 0 Å². The van der Waals surface area contributed by atoms with E-state index in [0.29, 0.717) is 0 Å². The third kappa shape index (κ3) is 3.19. The number of amidine groups is 1. The number of hydrogen-bond donors (Lipinski definition) is 2. The molecule has 1 aromatic rings. The average molecular weight is 242 g/mol. The lowest BCUT2D eigenvalue weighted by Crippen LogP contribution is -2.18. The predicted octanol–water partition coefficient (Wildman–Crippen LogP) is 1.55. The van der Waals surface area contributed by atoms with Gasteiger partial charge < -0.3 is 11.1 Å². The van der Waals surface area contributed by atoms with Gasteiger partial charge >= 0.3 is 0 Å². The minimum Gasteiger partial charge on any atom is -0.328 e. The van der Waals surface area contributed by atoms with E-state index in [1.165, 1.54) is 0 Å². The Morgan fingerprint density at radius 2 is 2.53 bits per heavy atom. The molecule has 2 rings (SSSR count). The molecule has 0 fully saturated rings. The highest BCUT2D eigenvalue weighted by atomic mass is 32.2. The van der Waals surface area contributed by atoms with Crippen LogP contribution >= 0.6 is 23.1 Å². The van der Waals surface area contributed by atoms with E-state index < -0.39 is 0 Å². The molecule has 6 heteroatoms. The number of aromatic nitrogens is 1. The molecular formula is C9H14N4S2. The molecular weight excluding hydrogens is 228 g/mol. The molecule has 0 spiro atoms. The van der Waals surface area contributed by atoms with Gasteiger partial charge in [0, 0.05) is 23.6 Å². The van der Waals surface area contributed by atoms with Crippen molar-refractivity contribution >= 4 is 33.4 Å². The number of thioether (sulfide) groups is 1. The summed E-state index contributed by atoms with van der Waals surface area (Å²) < 4.78 is 0. The Morgan fingerprint density at radius 1 is 1.67 bits per heavy atom. The molecule has 1 aliphatic heterocycles. The predicted molar refractivity (Wildman–Crippen MR) is 67.9 cm³/mol. The number of thiazole rings is 1. The fourth-order valence-electron chi connectivity index (χ4n) is 1.29. The minimum atomic E-state index is 0.165. The minimum absolute atomic E-state index is 0.165. The highest BCUT2D eigenvalue weighted by Crippen LogP contribution is 2.20. The third-order valence-electron chi connectivity index (χ3n) is 1.88. The molecule has 0 saturated carbocycles. The summed E-state index contributed by atoms with van der Waals surface area (Å²) in [6, 6.07) is 0.165. The fourth-order valence-corrected chi connectivity index (χ4v) is 2.80. The van der Waals surface area contributed by atoms with Gasteiger partial charge in [-0.15, -0.1) is 11.3 Å². The van der Waals surface area contributed by atoms with Crippen LogP contribution in [0.25, 0.3) is 0 Å². The second-order valence-electron chi connectivity index (χ2n) is 3.49. The number of nitrogens with one attached hydrogen (secondary N) is 1. The molecule has 3 N–H and O–H groups in total. The molecule has 1 aromatic heterocycles. The number of rotatable bonds is 3. The van der Waals surface area contributed by atoms with E-state index in [1.54, 1.807) is 23.1 Å². The lowest BCUT2D eigenvalue weighted by atomic mass is 10.2. The first-order valence-corrected chi connectivity index (χ1v) is 6.75. The second-order valence-corrected chi connectivity index (χ2v) is 5.43. The van der Waals surface area contributed by atoms with E-state index in [4.69, 9.17) is 5.73 Å². The quantitative estimate of drug-likeness (QED) is 0.844. The zero-order valence-electron chi connectivity index (χ0n) is 8.56. The lowest BCUT2D eigenvalue weighted by Gasteiger charge is -2.01. The maximum atomic E-state index is 5.71. The standard InChI is InChI=1S/C9H14N4S2/c1-6(10)4-7-5-15-9(12-7)13-8-11-2-3-14-8/h5-6H,2-4,10H2,1H3,(H,11,12,13). The normalized spacial score (nSPS) is 17.6. The SMILES string of the molecule is CC(N)Cc1csc(NC2=NCCS2)n1. The number of nitrogens with zero attached hydrogens (tertiary/aromatic N) is 2. The molecule has 1 atom stereocenters. The Kier molecular flexibility index (Phi) is 3.61. The van der Waals surface area contributed by atoms with E-state index in [9.17, 15) is 0 Å². The van der Waals surface area contributed by atoms with Gasteiger partial charge in [0.25, 0.3) is 0 Å². The van der Waals surface area contributed by atoms with E-state index in [2.05, 4.69) is 15.3 Å². The molecule has 0 saturated heterocycles. The van der Waals surface area contributed by atoms with Crippen molar-refractivity contribution in [1.82, 2.24) is 4.98 Å². The highest BCUT2D eigenvalue weighted by Gasteiger charge is 2.09. The van der Waals surface area contributed by atoms with Crippen LogP contribution in [0.1, 0.15) is 12.6 Å². The molecule has 82 valence electrons. The van der Waals surface area contributed by atoms with Gasteiger partial charge in [0.15, 0.2) is 10.3 Å². The van der Waals surface area contributed by atoms with E-state index in [0.717, 1.165) is 34.7 Å². The molecule has 0 bridgehead atoms. The van der Waals surface area contributed by atoms with Crippen LogP contribution in [0.5, 0.6) is 0 Å². The van der Waals surface area contributed by atoms with Crippen LogP contribution in [0.3, 0.4) is 0 Å². The Hall–Kier alpha value is -0.590. The van der Waals surface area contributed by atoms with Gasteiger partial charge in [-0.3, -0.25) is 4.99 Å². The summed E-state index contributed by atoms with van der Waals surface area (Å²) in [5, 5.41) is 7.16. The van der Waals surface area contributed by atoms with Crippen LogP contribution in [0, 0.1) is 0 Å². The topological polar surface area (TPSA) is 63.3 Å². The fraction of sp³-hybridized carbons (Fsp3) is 0.556. The largest absolute Gasteiger partial charge is 0.328 e. The summed E-state index contributed by atoms with van der Waals surface area (Å²) in [4.78, 5) is 8.76. The summed E-state index contributed by atoms with van der Waals surface area (Å²) in [7, 11) is 0. The zero-order valence-corrected chi connectivity index (χ0v) is 10.2. The van der Waals surface area contributed by atoms with Crippen LogP contribution in [0.2, 0.25) is 0 Å². The summed E-state index contributed by atoms with van der Waals surface area (Å²) in [5.41, 5.74) is 6.77. The van der Waals surface area contributed by atoms with Gasteiger partial charge in [-0.2, -0.15) is 0 Å². The van der Waals surface area contributed by atoms with Gasteiger partial charge in [0.05, 0.1) is 12.2 Å². The van der Waals surface area contributed by atoms with Crippen LogP contribution < -0.4 is 11.1 Å². The van der Waals surface area contributed by atoms with Crippen LogP contribution in [0.15, 0.2) is 10.4 Å². The van der Waals surface area contributed by atoms with Crippen LogP contribution in [-0.4, -0.2) is 28.5 Å². The van der Waals surface area contributed by atoms with E-state index in [1.807, 2.05) is 12.3 Å². The number of anilines is 1. The Balaban J connectivity index is 1.94. The molecule has 2 heterocycles. The van der Waals surface area contributed by atoms with Gasteiger partial charge in [-0.1, -0.05) is 11.8 Å². The van der Waals surface area contributed by atoms with Crippen molar-refractivity contribution in [2.24, 2.45) is 10.7 Å². The second kappa shape index (κ2) is 4.96. The first-order valence-electron chi connectivity index (χ1n) is 4.88. The number of hydrogen-bond acceptors (Lipinski definition) is 6. The third-order valence-corrected chi connectivity index (χ3v) is 3.58. The molecule has 0 aromatic carbocycles. The zero-order chi connectivity index (χ0) is 10.7. The van der Waals surface area contributed by atoms with Crippen molar-refractivity contribution in [2.75, 3.05) is 17.6 Å². The summed E-state index contributed by atoms with van der Waals surface area (Å²) >= 11 is 3.35. The van der Waals surface area contributed by atoms with Crippen LogP contribution in [0.4, 0.5) is 5.13 Å². The van der Waals surface area contributed by atoms with Crippen molar-refractivity contribution in [3.05, 3.63) is 11.1 Å². The smallest absolute Gasteiger partial charge is 0.188 e. The van der Waals surface area contributed by atoms with Gasteiger partial charge in [-0.25, -0.2) is 4.98 Å². The van der Waals surface area contributed by atoms with Gasteiger partial charge in [-0.05, 0) is 6.92 Å². The first-order chi connectivity index (χ1) is 7.24. The number of nitrogens with two attached hydrogens (primary N) is 1. The summed E-state index contributed by atoms with van der Waals surface area (Å²) in [6.07, 6.45) is 0.831. The average Bonchev–Trinajstić information content (AvgIpc) is 2.77. The maximum Gasteiger partial charge on any atom is 0.188 e. The highest BCUT2D eigenvalue weighted by molar-refractivity contribution is 8.14. The molecule has 4 nitrogen and oxygen atoms in total.